The molecular weight excluding hydrogens is 530 g/mol. The lowest BCUT2D eigenvalue weighted by Crippen LogP contribution is -2.56. The molecule has 0 radical (unpaired) electrons. The van der Waals surface area contributed by atoms with Gasteiger partial charge in [-0.15, -0.1) is 0 Å². The van der Waals surface area contributed by atoms with Crippen LogP contribution in [0.15, 0.2) is 97.1 Å². The number of ether oxygens (including phenoxy) is 1. The van der Waals surface area contributed by atoms with Gasteiger partial charge in [-0.2, -0.15) is 0 Å². The monoisotopic (exact) mass is 563 g/mol. The van der Waals surface area contributed by atoms with Gasteiger partial charge in [-0.3, -0.25) is 14.4 Å². The topological polar surface area (TPSA) is 90.4 Å². The molecule has 2 fully saturated rings. The van der Waals surface area contributed by atoms with E-state index in [1.807, 2.05) is 104 Å². The molecule has 4 aliphatic rings. The van der Waals surface area contributed by atoms with Crippen LogP contribution in [0.1, 0.15) is 13.3 Å². The second-order valence-corrected chi connectivity index (χ2v) is 11.4. The third-order valence-corrected chi connectivity index (χ3v) is 9.39. The van der Waals surface area contributed by atoms with E-state index in [2.05, 4.69) is 0 Å². The van der Waals surface area contributed by atoms with Gasteiger partial charge in [0.25, 0.3) is 5.91 Å². The van der Waals surface area contributed by atoms with Crippen molar-refractivity contribution in [1.29, 1.82) is 0 Å². The van der Waals surface area contributed by atoms with Gasteiger partial charge in [0.2, 0.25) is 11.8 Å². The van der Waals surface area contributed by atoms with Gasteiger partial charge < -0.3 is 24.5 Å². The normalized spacial score (nSPS) is 30.4. The SMILES string of the molecule is CC[C@]12C=CCN(c3ccccc3)C(=O)[C@H]1[C@H]1C(=O)N(CCO)C3C(=O)N(c4ccc5ccccc5c4)CC=C[C@@]31O2. The predicted molar refractivity (Wildman–Crippen MR) is 160 cm³/mol. The number of aliphatic hydroxyl groups is 1. The van der Waals surface area contributed by atoms with Gasteiger partial charge in [0.05, 0.1) is 24.0 Å². The number of rotatable bonds is 5. The Labute approximate surface area is 244 Å². The molecule has 1 N–H and O–H groups in total. The van der Waals surface area contributed by atoms with E-state index in [1.165, 1.54) is 4.90 Å². The molecule has 0 aromatic heterocycles. The summed E-state index contributed by atoms with van der Waals surface area (Å²) >= 11 is 0. The maximum Gasteiger partial charge on any atom is 0.253 e. The van der Waals surface area contributed by atoms with E-state index in [1.54, 1.807) is 9.80 Å². The van der Waals surface area contributed by atoms with E-state index < -0.39 is 29.1 Å². The first-order valence-electron chi connectivity index (χ1n) is 14.6. The van der Waals surface area contributed by atoms with Crippen LogP contribution in [0.4, 0.5) is 11.4 Å². The highest BCUT2D eigenvalue weighted by atomic mass is 16.5. The van der Waals surface area contributed by atoms with Crippen LogP contribution in [0.5, 0.6) is 0 Å². The molecule has 1 spiro atoms. The number of carbonyl (C=O) groups excluding carboxylic acids is 3. The quantitative estimate of drug-likeness (QED) is 0.479. The summed E-state index contributed by atoms with van der Waals surface area (Å²) in [5.41, 5.74) is -0.976. The van der Waals surface area contributed by atoms with Crippen molar-refractivity contribution in [3.05, 3.63) is 97.1 Å². The minimum absolute atomic E-state index is 0.0332. The number of aliphatic hydroxyl groups excluding tert-OH is 1. The maximum absolute atomic E-state index is 14.6. The first kappa shape index (κ1) is 26.6. The smallest absolute Gasteiger partial charge is 0.253 e. The van der Waals surface area contributed by atoms with Gasteiger partial charge in [-0.1, -0.05) is 79.8 Å². The molecule has 3 amide bonds. The van der Waals surface area contributed by atoms with E-state index in [-0.39, 0.29) is 37.4 Å². The van der Waals surface area contributed by atoms with Crippen molar-refractivity contribution in [2.45, 2.75) is 30.6 Å². The Hall–Kier alpha value is -4.27. The summed E-state index contributed by atoms with van der Waals surface area (Å²) in [6, 6.07) is 22.2. The second kappa shape index (κ2) is 9.93. The molecule has 4 heterocycles. The zero-order valence-electron chi connectivity index (χ0n) is 23.4. The minimum atomic E-state index is -1.37. The van der Waals surface area contributed by atoms with Crippen molar-refractivity contribution >= 4 is 39.9 Å². The van der Waals surface area contributed by atoms with Gasteiger partial charge in [-0.25, -0.2) is 0 Å². The molecule has 2 saturated heterocycles. The highest BCUT2D eigenvalue weighted by molar-refractivity contribution is 6.08. The van der Waals surface area contributed by atoms with Crippen LogP contribution in [0, 0.1) is 11.8 Å². The molecule has 1 unspecified atom stereocenters. The molecule has 214 valence electrons. The van der Waals surface area contributed by atoms with Crippen LogP contribution in [0.25, 0.3) is 10.8 Å². The Balaban J connectivity index is 1.35. The number of likely N-dealkylation sites (tertiary alicyclic amines) is 1. The first-order valence-corrected chi connectivity index (χ1v) is 14.6. The molecule has 8 nitrogen and oxygen atoms in total. The molecule has 7 rings (SSSR count). The van der Waals surface area contributed by atoms with Crippen LogP contribution >= 0.6 is 0 Å². The Morgan fingerprint density at radius 1 is 0.786 bits per heavy atom. The lowest BCUT2D eigenvalue weighted by atomic mass is 9.73. The minimum Gasteiger partial charge on any atom is -0.395 e. The van der Waals surface area contributed by atoms with Crippen molar-refractivity contribution in [1.82, 2.24) is 4.90 Å². The fraction of sp³-hybridized carbons (Fsp3) is 0.324. The first-order chi connectivity index (χ1) is 20.4. The number of carbonyl (C=O) groups is 3. The highest BCUT2D eigenvalue weighted by Crippen LogP contribution is 2.58. The zero-order valence-corrected chi connectivity index (χ0v) is 23.4. The third kappa shape index (κ3) is 3.71. The molecule has 0 saturated carbocycles. The van der Waals surface area contributed by atoms with Crippen molar-refractivity contribution in [2.24, 2.45) is 11.8 Å². The van der Waals surface area contributed by atoms with E-state index in [9.17, 15) is 19.5 Å². The Kier molecular flexibility index (Phi) is 6.29. The average molecular weight is 564 g/mol. The summed E-state index contributed by atoms with van der Waals surface area (Å²) in [5.74, 6) is -2.61. The van der Waals surface area contributed by atoms with Crippen molar-refractivity contribution in [2.75, 3.05) is 36.0 Å². The number of nitrogens with zero attached hydrogens (tertiary/aromatic N) is 3. The maximum atomic E-state index is 14.6. The van der Waals surface area contributed by atoms with Crippen molar-refractivity contribution in [3.63, 3.8) is 0 Å². The Morgan fingerprint density at radius 2 is 1.48 bits per heavy atom. The summed E-state index contributed by atoms with van der Waals surface area (Å²) in [5, 5.41) is 12.1. The fourth-order valence-corrected chi connectivity index (χ4v) is 7.52. The average Bonchev–Trinajstić information content (AvgIpc) is 3.29. The van der Waals surface area contributed by atoms with Gasteiger partial charge in [-0.05, 0) is 41.5 Å². The van der Waals surface area contributed by atoms with Crippen molar-refractivity contribution in [3.8, 4) is 0 Å². The Morgan fingerprint density at radius 3 is 2.21 bits per heavy atom. The largest absolute Gasteiger partial charge is 0.395 e. The number of amides is 3. The van der Waals surface area contributed by atoms with Gasteiger partial charge in [0, 0.05) is 31.0 Å². The summed E-state index contributed by atoms with van der Waals surface area (Å²) in [6.07, 6.45) is 8.04. The summed E-state index contributed by atoms with van der Waals surface area (Å²) in [6.45, 7) is 2.25. The van der Waals surface area contributed by atoms with E-state index in [4.69, 9.17) is 4.74 Å². The van der Waals surface area contributed by atoms with E-state index in [0.29, 0.717) is 18.7 Å². The lowest BCUT2D eigenvalue weighted by molar-refractivity contribution is -0.146. The number of anilines is 2. The number of β-amino-alcohol motifs (C(OH)–C–C–N with tert-alkyl or cyclic N) is 1. The van der Waals surface area contributed by atoms with Crippen LogP contribution in [0.2, 0.25) is 0 Å². The molecule has 4 aliphatic heterocycles. The third-order valence-electron chi connectivity index (χ3n) is 9.39. The number of fused-ring (bicyclic) bond motifs is 3. The predicted octanol–water partition coefficient (Wildman–Crippen LogP) is 3.70. The van der Waals surface area contributed by atoms with Gasteiger partial charge in [0.1, 0.15) is 11.6 Å². The number of hydrogen-bond acceptors (Lipinski definition) is 5. The number of benzene rings is 3. The summed E-state index contributed by atoms with van der Waals surface area (Å²) in [7, 11) is 0. The van der Waals surface area contributed by atoms with Gasteiger partial charge in [0.15, 0.2) is 0 Å². The van der Waals surface area contributed by atoms with Gasteiger partial charge >= 0.3 is 0 Å². The molecule has 5 atom stereocenters. The van der Waals surface area contributed by atoms with E-state index in [0.717, 1.165) is 16.5 Å². The van der Waals surface area contributed by atoms with Crippen LogP contribution in [-0.2, 0) is 19.1 Å². The molecule has 42 heavy (non-hydrogen) atoms. The summed E-state index contributed by atoms with van der Waals surface area (Å²) in [4.78, 5) is 48.2. The molecular formula is C34H33N3O5. The van der Waals surface area contributed by atoms with Crippen LogP contribution < -0.4 is 9.80 Å². The summed E-state index contributed by atoms with van der Waals surface area (Å²) < 4.78 is 6.99. The fourth-order valence-electron chi connectivity index (χ4n) is 7.52. The van der Waals surface area contributed by atoms with Crippen molar-refractivity contribution < 1.29 is 24.2 Å². The molecule has 0 aliphatic carbocycles. The van der Waals surface area contributed by atoms with E-state index >= 15 is 0 Å². The molecule has 3 aromatic rings. The van der Waals surface area contributed by atoms with Crippen LogP contribution in [-0.4, -0.2) is 71.2 Å². The number of hydrogen-bond donors (Lipinski definition) is 1. The second-order valence-electron chi connectivity index (χ2n) is 11.4. The molecule has 0 bridgehead atoms. The highest BCUT2D eigenvalue weighted by Gasteiger charge is 2.75. The standard InChI is InChI=1S/C34H33N3O5/c1-2-33-16-8-18-35(25-12-4-3-5-13-25)30(39)27(33)28-31(40)37(20-21-38)29-32(41)36(19-9-17-34(28,29)42-33)26-15-14-23-10-6-7-11-24(23)22-26/h3-17,22,27-29,38H,2,18-21H2,1H3/t27-,28+,29?,33+,34+/m1/s1. The molecule has 8 heteroatoms. The Bertz CT molecular complexity index is 1640. The number of para-hydroxylation sites is 1. The molecule has 3 aromatic carbocycles. The lowest BCUT2D eigenvalue weighted by Gasteiger charge is -2.38. The van der Waals surface area contributed by atoms with Crippen LogP contribution in [0.3, 0.4) is 0 Å². The zero-order chi connectivity index (χ0) is 29.1.